The van der Waals surface area contributed by atoms with Gasteiger partial charge in [-0.1, -0.05) is 12.1 Å². The number of aryl methyl sites for hydroxylation is 1. The van der Waals surface area contributed by atoms with Gasteiger partial charge in [0.1, 0.15) is 11.5 Å². The normalized spacial score (nSPS) is 16.3. The average molecular weight is 330 g/mol. The number of nitrogens with one attached hydrogen (secondary N) is 1. The van der Waals surface area contributed by atoms with Gasteiger partial charge in [0.2, 0.25) is 0 Å². The average Bonchev–Trinajstić information content (AvgIpc) is 3.23. The lowest BCUT2D eigenvalue weighted by Crippen LogP contribution is -2.40. The first-order valence-electron chi connectivity index (χ1n) is 8.40. The summed E-state index contributed by atoms with van der Waals surface area (Å²) in [6.07, 6.45) is 2.45. The summed E-state index contributed by atoms with van der Waals surface area (Å²) in [4.78, 5) is 14.7. The molecular weight excluding hydrogens is 307 g/mol. The van der Waals surface area contributed by atoms with Crippen molar-refractivity contribution in [1.29, 1.82) is 0 Å². The summed E-state index contributed by atoms with van der Waals surface area (Å²) in [7, 11) is 0. The first kappa shape index (κ1) is 16.6. The highest BCUT2D eigenvalue weighted by Crippen LogP contribution is 2.16. The van der Waals surface area contributed by atoms with E-state index in [0.717, 1.165) is 18.8 Å². The molecule has 1 aromatic heterocycles. The summed E-state index contributed by atoms with van der Waals surface area (Å²) in [5.74, 6) is -0.586. The summed E-state index contributed by atoms with van der Waals surface area (Å²) >= 11 is 0. The van der Waals surface area contributed by atoms with Crippen molar-refractivity contribution in [2.24, 2.45) is 0 Å². The van der Waals surface area contributed by atoms with E-state index >= 15 is 0 Å². The number of hydrogen-bond donors (Lipinski definition) is 1. The Morgan fingerprint density at radius 1 is 1.33 bits per heavy atom. The number of aromatic nitrogens is 2. The second-order valence-electron chi connectivity index (χ2n) is 6.34. The van der Waals surface area contributed by atoms with Crippen molar-refractivity contribution in [3.63, 3.8) is 0 Å². The SMILES string of the molecule is Cc1cc(C(=O)NCC(C)N2CCCC2)nn1-c1ccccc1F. The molecule has 1 aromatic carbocycles. The lowest BCUT2D eigenvalue weighted by Gasteiger charge is -2.23. The van der Waals surface area contributed by atoms with Gasteiger partial charge in [0.25, 0.3) is 5.91 Å². The van der Waals surface area contributed by atoms with Gasteiger partial charge in [-0.15, -0.1) is 0 Å². The third-order valence-electron chi connectivity index (χ3n) is 4.52. The number of benzene rings is 1. The van der Waals surface area contributed by atoms with Crippen molar-refractivity contribution >= 4 is 5.91 Å². The van der Waals surface area contributed by atoms with Crippen LogP contribution in [0.25, 0.3) is 5.69 Å². The van der Waals surface area contributed by atoms with E-state index in [-0.39, 0.29) is 11.7 Å². The minimum Gasteiger partial charge on any atom is -0.349 e. The molecule has 1 saturated heterocycles. The molecule has 0 radical (unpaired) electrons. The molecule has 1 N–H and O–H groups in total. The number of halogens is 1. The van der Waals surface area contributed by atoms with E-state index in [1.807, 2.05) is 6.92 Å². The molecule has 2 heterocycles. The lowest BCUT2D eigenvalue weighted by molar-refractivity contribution is 0.0935. The van der Waals surface area contributed by atoms with Gasteiger partial charge in [-0.2, -0.15) is 5.10 Å². The van der Waals surface area contributed by atoms with Crippen LogP contribution >= 0.6 is 0 Å². The van der Waals surface area contributed by atoms with E-state index < -0.39 is 0 Å². The minimum atomic E-state index is -0.363. The first-order chi connectivity index (χ1) is 11.6. The van der Waals surface area contributed by atoms with E-state index in [2.05, 4.69) is 22.2 Å². The van der Waals surface area contributed by atoms with Crippen LogP contribution in [0.3, 0.4) is 0 Å². The molecular formula is C18H23FN4O. The molecule has 0 saturated carbocycles. The van der Waals surface area contributed by atoms with Crippen molar-refractivity contribution in [3.8, 4) is 5.69 Å². The molecule has 1 amide bonds. The number of rotatable bonds is 5. The maximum atomic E-state index is 13.9. The number of likely N-dealkylation sites (tertiary alicyclic amines) is 1. The fourth-order valence-corrected chi connectivity index (χ4v) is 3.10. The minimum absolute atomic E-state index is 0.223. The molecule has 1 atom stereocenters. The number of carbonyl (C=O) groups excluding carboxylic acids is 1. The maximum absolute atomic E-state index is 13.9. The van der Waals surface area contributed by atoms with E-state index in [1.165, 1.54) is 23.6 Å². The first-order valence-corrected chi connectivity index (χ1v) is 8.40. The molecule has 1 aliphatic heterocycles. The molecule has 0 bridgehead atoms. The monoisotopic (exact) mass is 330 g/mol. The Balaban J connectivity index is 1.68. The van der Waals surface area contributed by atoms with Gasteiger partial charge < -0.3 is 5.32 Å². The molecule has 0 aliphatic carbocycles. The van der Waals surface area contributed by atoms with Crippen molar-refractivity contribution < 1.29 is 9.18 Å². The van der Waals surface area contributed by atoms with Crippen LogP contribution in [0.4, 0.5) is 4.39 Å². The zero-order chi connectivity index (χ0) is 17.1. The van der Waals surface area contributed by atoms with Crippen molar-refractivity contribution in [1.82, 2.24) is 20.0 Å². The molecule has 24 heavy (non-hydrogen) atoms. The van der Waals surface area contributed by atoms with E-state index in [1.54, 1.807) is 24.3 Å². The quantitative estimate of drug-likeness (QED) is 0.916. The molecule has 128 valence electrons. The molecule has 5 nitrogen and oxygen atoms in total. The zero-order valence-electron chi connectivity index (χ0n) is 14.1. The summed E-state index contributed by atoms with van der Waals surface area (Å²) in [5.41, 5.74) is 1.38. The number of carbonyl (C=O) groups is 1. The molecule has 2 aromatic rings. The van der Waals surface area contributed by atoms with E-state index in [4.69, 9.17) is 0 Å². The van der Waals surface area contributed by atoms with Gasteiger partial charge >= 0.3 is 0 Å². The maximum Gasteiger partial charge on any atom is 0.271 e. The molecule has 3 rings (SSSR count). The van der Waals surface area contributed by atoms with Crippen LogP contribution in [0.2, 0.25) is 0 Å². The Morgan fingerprint density at radius 3 is 2.75 bits per heavy atom. The Kier molecular flexibility index (Phi) is 4.94. The van der Waals surface area contributed by atoms with Crippen LogP contribution in [-0.4, -0.2) is 46.3 Å². The predicted octanol–water partition coefficient (Wildman–Crippen LogP) is 2.53. The van der Waals surface area contributed by atoms with E-state index in [0.29, 0.717) is 24.0 Å². The summed E-state index contributed by atoms with van der Waals surface area (Å²) < 4.78 is 15.4. The van der Waals surface area contributed by atoms with E-state index in [9.17, 15) is 9.18 Å². The topological polar surface area (TPSA) is 50.2 Å². The van der Waals surface area contributed by atoms with Gasteiger partial charge in [-0.3, -0.25) is 9.69 Å². The highest BCUT2D eigenvalue weighted by atomic mass is 19.1. The molecule has 1 aliphatic rings. The third-order valence-corrected chi connectivity index (χ3v) is 4.52. The second-order valence-corrected chi connectivity index (χ2v) is 6.34. The van der Waals surface area contributed by atoms with Gasteiger partial charge in [0.05, 0.1) is 0 Å². The van der Waals surface area contributed by atoms with Gasteiger partial charge in [-0.05, 0) is 58.0 Å². The molecule has 1 unspecified atom stereocenters. The fraction of sp³-hybridized carbons (Fsp3) is 0.444. The molecule has 0 spiro atoms. The number of hydrogen-bond acceptors (Lipinski definition) is 3. The van der Waals surface area contributed by atoms with Crippen LogP contribution in [0.1, 0.15) is 35.9 Å². The standard InChI is InChI=1S/C18H23FN4O/c1-13-11-16(21-23(13)17-8-4-3-7-15(17)19)18(24)20-12-14(2)22-9-5-6-10-22/h3-4,7-8,11,14H,5-6,9-10,12H2,1-2H3,(H,20,24). The summed E-state index contributed by atoms with van der Waals surface area (Å²) in [5, 5.41) is 7.20. The fourth-order valence-electron chi connectivity index (χ4n) is 3.10. The smallest absolute Gasteiger partial charge is 0.271 e. The Bertz CT molecular complexity index is 722. The molecule has 1 fully saturated rings. The van der Waals surface area contributed by atoms with Crippen LogP contribution < -0.4 is 5.32 Å². The van der Waals surface area contributed by atoms with Crippen LogP contribution in [-0.2, 0) is 0 Å². The van der Waals surface area contributed by atoms with Crippen LogP contribution in [0, 0.1) is 12.7 Å². The Morgan fingerprint density at radius 2 is 2.04 bits per heavy atom. The summed E-state index contributed by atoms with van der Waals surface area (Å²) in [6, 6.07) is 8.40. The highest BCUT2D eigenvalue weighted by Gasteiger charge is 2.20. The molecule has 6 heteroatoms. The van der Waals surface area contributed by atoms with Crippen LogP contribution in [0.5, 0.6) is 0 Å². The van der Waals surface area contributed by atoms with Crippen LogP contribution in [0.15, 0.2) is 30.3 Å². The van der Waals surface area contributed by atoms with Gasteiger partial charge in [0, 0.05) is 18.3 Å². The van der Waals surface area contributed by atoms with Gasteiger partial charge in [-0.25, -0.2) is 9.07 Å². The van der Waals surface area contributed by atoms with Crippen molar-refractivity contribution in [2.45, 2.75) is 32.7 Å². The number of amides is 1. The Labute approximate surface area is 141 Å². The number of nitrogens with zero attached hydrogens (tertiary/aromatic N) is 3. The van der Waals surface area contributed by atoms with Crippen molar-refractivity contribution in [3.05, 3.63) is 47.5 Å². The number of para-hydroxylation sites is 1. The largest absolute Gasteiger partial charge is 0.349 e. The highest BCUT2D eigenvalue weighted by molar-refractivity contribution is 5.92. The Hall–Kier alpha value is -2.21. The summed E-state index contributed by atoms with van der Waals surface area (Å²) in [6.45, 7) is 6.71. The lowest BCUT2D eigenvalue weighted by atomic mass is 10.3. The predicted molar refractivity (Wildman–Crippen MR) is 90.9 cm³/mol. The zero-order valence-corrected chi connectivity index (χ0v) is 14.1. The van der Waals surface area contributed by atoms with Gasteiger partial charge in [0.15, 0.2) is 5.69 Å². The van der Waals surface area contributed by atoms with Crippen molar-refractivity contribution in [2.75, 3.05) is 19.6 Å². The third kappa shape index (κ3) is 3.48. The second kappa shape index (κ2) is 7.13.